The molecule has 0 fully saturated rings. The van der Waals surface area contributed by atoms with Crippen LogP contribution in [0.2, 0.25) is 5.02 Å². The summed E-state index contributed by atoms with van der Waals surface area (Å²) in [4.78, 5) is 31.7. The van der Waals surface area contributed by atoms with Crippen LogP contribution in [0.4, 0.5) is 0 Å². The molecule has 10 heteroatoms. The van der Waals surface area contributed by atoms with Gasteiger partial charge in [-0.05, 0) is 30.7 Å². The lowest BCUT2D eigenvalue weighted by atomic mass is 10.1. The van der Waals surface area contributed by atoms with Crippen molar-refractivity contribution >= 4 is 34.5 Å². The smallest absolute Gasteiger partial charge is 0.329 e. The fourth-order valence-electron chi connectivity index (χ4n) is 4.23. The molecule has 0 spiro atoms. The van der Waals surface area contributed by atoms with Crippen molar-refractivity contribution in [3.63, 3.8) is 0 Å². The molecule has 0 aliphatic heterocycles. The predicted molar refractivity (Wildman–Crippen MR) is 151 cm³/mol. The molecule has 1 unspecified atom stereocenters. The van der Waals surface area contributed by atoms with Crippen molar-refractivity contribution < 1.29 is 9.84 Å². The van der Waals surface area contributed by atoms with Gasteiger partial charge in [0.1, 0.15) is 18.5 Å². The molecular formula is C27H39ClN4O4S. The fraction of sp³-hybridized carbons (Fsp3) is 0.593. The number of hydrogen-bond donors (Lipinski definition) is 2. The zero-order chi connectivity index (χ0) is 26.6. The summed E-state index contributed by atoms with van der Waals surface area (Å²) in [5, 5.41) is 11.9. The number of thioether (sulfide) groups is 1. The third kappa shape index (κ3) is 8.93. The molecule has 37 heavy (non-hydrogen) atoms. The normalized spacial score (nSPS) is 12.3. The van der Waals surface area contributed by atoms with E-state index in [4.69, 9.17) is 16.3 Å². The number of aryl methyl sites for hydroxylation is 1. The number of aromatic amines is 1. The van der Waals surface area contributed by atoms with Gasteiger partial charge in [0.05, 0.1) is 6.54 Å². The number of benzene rings is 1. The maximum absolute atomic E-state index is 12.7. The van der Waals surface area contributed by atoms with Gasteiger partial charge in [-0.15, -0.1) is 0 Å². The van der Waals surface area contributed by atoms with Crippen molar-refractivity contribution in [2.24, 2.45) is 7.05 Å². The molecule has 3 rings (SSSR count). The number of imidazole rings is 1. The molecule has 8 nitrogen and oxygen atoms in total. The zero-order valence-electron chi connectivity index (χ0n) is 21.9. The molecule has 2 aromatic heterocycles. The van der Waals surface area contributed by atoms with Gasteiger partial charge in [-0.1, -0.05) is 88.1 Å². The summed E-state index contributed by atoms with van der Waals surface area (Å²) in [6.45, 7) is 2.39. The van der Waals surface area contributed by atoms with Gasteiger partial charge < -0.3 is 14.4 Å². The van der Waals surface area contributed by atoms with E-state index < -0.39 is 17.4 Å². The predicted octanol–water partition coefficient (Wildman–Crippen LogP) is 5.53. The Morgan fingerprint density at radius 2 is 1.65 bits per heavy atom. The number of aromatic nitrogens is 4. The number of fused-ring (bicyclic) bond motifs is 1. The molecule has 0 amide bonds. The average molecular weight is 551 g/mol. The lowest BCUT2D eigenvalue weighted by molar-refractivity contribution is 0.0914. The highest BCUT2D eigenvalue weighted by Gasteiger charge is 2.20. The lowest BCUT2D eigenvalue weighted by Gasteiger charge is -2.15. The number of ether oxygens (including phenoxy) is 1. The maximum Gasteiger partial charge on any atom is 0.329 e. The van der Waals surface area contributed by atoms with Crippen molar-refractivity contribution in [3.8, 4) is 5.75 Å². The van der Waals surface area contributed by atoms with Crippen molar-refractivity contribution in [1.82, 2.24) is 19.1 Å². The van der Waals surface area contributed by atoms with Crippen LogP contribution < -0.4 is 16.0 Å². The number of H-pyrrole nitrogens is 1. The molecule has 204 valence electrons. The van der Waals surface area contributed by atoms with Gasteiger partial charge in [0.15, 0.2) is 16.3 Å². The third-order valence-electron chi connectivity index (χ3n) is 6.35. The molecule has 0 bridgehead atoms. The van der Waals surface area contributed by atoms with Gasteiger partial charge in [-0.2, -0.15) is 0 Å². The number of unbranched alkanes of at least 4 members (excludes halogenated alkanes) is 9. The average Bonchev–Trinajstić information content (AvgIpc) is 3.24. The standard InChI is InChI=1S/C27H39ClN4O4S/c1-3-4-5-6-7-8-9-10-11-12-17-37-27-29-24-23(25(34)30-26(35)31(24)2)32(27)18-21(33)19-36-22-15-13-20(28)14-16-22/h13-16,21,33H,3-12,17-19H2,1-2H3,(H,30,34,35). The molecule has 2 heterocycles. The molecule has 0 aliphatic carbocycles. The minimum absolute atomic E-state index is 0.0352. The van der Waals surface area contributed by atoms with Crippen LogP contribution in [-0.4, -0.2) is 42.7 Å². The van der Waals surface area contributed by atoms with E-state index in [1.165, 1.54) is 55.9 Å². The Morgan fingerprint density at radius 3 is 2.30 bits per heavy atom. The van der Waals surface area contributed by atoms with Crippen LogP contribution in [0.25, 0.3) is 11.2 Å². The maximum atomic E-state index is 12.7. The largest absolute Gasteiger partial charge is 0.491 e. The first kappa shape index (κ1) is 29.3. The van der Waals surface area contributed by atoms with Crippen LogP contribution >= 0.6 is 23.4 Å². The molecule has 0 saturated carbocycles. The summed E-state index contributed by atoms with van der Waals surface area (Å²) >= 11 is 7.46. The van der Waals surface area contributed by atoms with Crippen LogP contribution in [0.5, 0.6) is 5.75 Å². The summed E-state index contributed by atoms with van der Waals surface area (Å²) in [6, 6.07) is 6.90. The second-order valence-corrected chi connectivity index (χ2v) is 10.9. The molecule has 0 aliphatic rings. The Balaban J connectivity index is 1.58. The molecule has 0 saturated heterocycles. The highest BCUT2D eigenvalue weighted by Crippen LogP contribution is 2.24. The molecule has 0 radical (unpaired) electrons. The molecule has 2 N–H and O–H groups in total. The first-order valence-corrected chi connectivity index (χ1v) is 14.7. The topological polar surface area (TPSA) is 102 Å². The SMILES string of the molecule is CCCCCCCCCCCCSc1nc2c(c(=O)[nH]c(=O)n2C)n1CC(O)COc1ccc(Cl)cc1. The Hall–Kier alpha value is -2.23. The van der Waals surface area contributed by atoms with Gasteiger partial charge in [-0.3, -0.25) is 14.3 Å². The first-order valence-electron chi connectivity index (χ1n) is 13.3. The van der Waals surface area contributed by atoms with Crippen molar-refractivity contribution in [2.45, 2.75) is 88.9 Å². The molecule has 1 aromatic carbocycles. The Kier molecular flexibility index (Phi) is 12.1. The highest BCUT2D eigenvalue weighted by molar-refractivity contribution is 7.99. The minimum Gasteiger partial charge on any atom is -0.491 e. The van der Waals surface area contributed by atoms with Crippen LogP contribution in [0.15, 0.2) is 39.0 Å². The van der Waals surface area contributed by atoms with E-state index in [0.29, 0.717) is 21.6 Å². The molecular weight excluding hydrogens is 512 g/mol. The van der Waals surface area contributed by atoms with E-state index in [2.05, 4.69) is 16.9 Å². The van der Waals surface area contributed by atoms with Gasteiger partial charge in [-0.25, -0.2) is 9.78 Å². The lowest BCUT2D eigenvalue weighted by Crippen LogP contribution is -2.30. The number of aliphatic hydroxyl groups is 1. The number of rotatable bonds is 17. The van der Waals surface area contributed by atoms with Crippen molar-refractivity contribution in [2.75, 3.05) is 12.4 Å². The van der Waals surface area contributed by atoms with E-state index in [-0.39, 0.29) is 18.7 Å². The van der Waals surface area contributed by atoms with Gasteiger partial charge in [0, 0.05) is 17.8 Å². The Labute approximate surface area is 227 Å². The summed E-state index contributed by atoms with van der Waals surface area (Å²) in [5.41, 5.74) is -0.439. The van der Waals surface area contributed by atoms with Crippen molar-refractivity contribution in [3.05, 3.63) is 50.1 Å². The monoisotopic (exact) mass is 550 g/mol. The molecule has 1 atom stereocenters. The summed E-state index contributed by atoms with van der Waals surface area (Å²) in [5.74, 6) is 1.44. The number of halogens is 1. The summed E-state index contributed by atoms with van der Waals surface area (Å²) in [6.07, 6.45) is 11.8. The molecule has 3 aromatic rings. The quantitative estimate of drug-likeness (QED) is 0.169. The first-order chi connectivity index (χ1) is 17.9. The highest BCUT2D eigenvalue weighted by atomic mass is 35.5. The van der Waals surface area contributed by atoms with Crippen LogP contribution in [0.3, 0.4) is 0 Å². The Morgan fingerprint density at radius 1 is 1.03 bits per heavy atom. The van der Waals surface area contributed by atoms with E-state index in [0.717, 1.165) is 18.6 Å². The van der Waals surface area contributed by atoms with E-state index in [1.807, 2.05) is 0 Å². The van der Waals surface area contributed by atoms with E-state index >= 15 is 0 Å². The Bertz CT molecular complexity index is 1220. The van der Waals surface area contributed by atoms with Gasteiger partial charge in [0.25, 0.3) is 5.56 Å². The van der Waals surface area contributed by atoms with Crippen LogP contribution in [0, 0.1) is 0 Å². The second kappa shape index (κ2) is 15.2. The van der Waals surface area contributed by atoms with Gasteiger partial charge in [0.2, 0.25) is 0 Å². The number of nitrogens with zero attached hydrogens (tertiary/aromatic N) is 3. The minimum atomic E-state index is -0.888. The second-order valence-electron chi connectivity index (χ2n) is 9.44. The number of hydrogen-bond acceptors (Lipinski definition) is 6. The zero-order valence-corrected chi connectivity index (χ0v) is 23.5. The number of aliphatic hydroxyl groups excluding tert-OH is 1. The number of nitrogens with one attached hydrogen (secondary N) is 1. The van der Waals surface area contributed by atoms with Crippen molar-refractivity contribution in [1.29, 1.82) is 0 Å². The van der Waals surface area contributed by atoms with Crippen LogP contribution in [0.1, 0.15) is 71.1 Å². The summed E-state index contributed by atoms with van der Waals surface area (Å²) in [7, 11) is 1.58. The van der Waals surface area contributed by atoms with E-state index in [1.54, 1.807) is 47.6 Å². The van der Waals surface area contributed by atoms with Crippen LogP contribution in [-0.2, 0) is 13.6 Å². The fourth-order valence-corrected chi connectivity index (χ4v) is 5.36. The van der Waals surface area contributed by atoms with Gasteiger partial charge >= 0.3 is 5.69 Å². The van der Waals surface area contributed by atoms with E-state index in [9.17, 15) is 14.7 Å². The third-order valence-corrected chi connectivity index (χ3v) is 7.67. The summed E-state index contributed by atoms with van der Waals surface area (Å²) < 4.78 is 8.71.